The van der Waals surface area contributed by atoms with E-state index in [0.717, 1.165) is 32.1 Å². The third-order valence-electron chi connectivity index (χ3n) is 8.72. The highest BCUT2D eigenvalue weighted by Gasteiger charge is 2.28. The maximum atomic E-state index is 12.6. The summed E-state index contributed by atoms with van der Waals surface area (Å²) in [7, 11) is -9.75. The number of phosphoric acid groups is 2. The Kier molecular flexibility index (Phi) is 40.2. The lowest BCUT2D eigenvalue weighted by Gasteiger charge is -2.20. The van der Waals surface area contributed by atoms with Gasteiger partial charge in [-0.15, -0.1) is 0 Å². The first-order valence-corrected chi connectivity index (χ1v) is 25.7. The van der Waals surface area contributed by atoms with E-state index in [9.17, 15) is 33.8 Å². The number of allylic oxidation sites excluding steroid dienone is 16. The number of hydrogen-bond acceptors (Lipinski definition) is 11. The quantitative estimate of drug-likeness (QED) is 0.0127. The van der Waals surface area contributed by atoms with Crippen molar-refractivity contribution in [1.82, 2.24) is 0 Å². The van der Waals surface area contributed by atoms with Gasteiger partial charge in [-0.2, -0.15) is 0 Å². The first kappa shape index (κ1) is 60.7. The molecule has 1 unspecified atom stereocenters. The first-order valence-electron chi connectivity index (χ1n) is 22.7. The zero-order valence-corrected chi connectivity index (χ0v) is 40.0. The van der Waals surface area contributed by atoms with Crippen molar-refractivity contribution in [2.45, 2.75) is 154 Å². The second-order valence-corrected chi connectivity index (χ2v) is 17.5. The van der Waals surface area contributed by atoms with Crippen LogP contribution in [-0.4, -0.2) is 81.6 Å². The molecule has 5 N–H and O–H groups in total. The molecular weight excluding hydrogens is 862 g/mol. The van der Waals surface area contributed by atoms with E-state index in [1.807, 2.05) is 54.7 Å². The van der Waals surface area contributed by atoms with Crippen LogP contribution in [0.5, 0.6) is 0 Å². The molecule has 64 heavy (non-hydrogen) atoms. The molecule has 0 bridgehead atoms. The van der Waals surface area contributed by atoms with Crippen LogP contribution in [-0.2, 0) is 41.8 Å². The minimum absolute atomic E-state index is 0.0232. The Morgan fingerprint density at radius 1 is 0.516 bits per heavy atom. The third-order valence-corrected chi connectivity index (χ3v) is 10.2. The van der Waals surface area contributed by atoms with Crippen LogP contribution in [0.3, 0.4) is 0 Å². The van der Waals surface area contributed by atoms with E-state index in [2.05, 4.69) is 71.5 Å². The molecule has 0 aromatic carbocycles. The number of esters is 2. The fourth-order valence-corrected chi connectivity index (χ4v) is 6.38. The Morgan fingerprint density at radius 3 is 1.56 bits per heavy atom. The number of ether oxygens (including phenoxy) is 2. The molecule has 14 nitrogen and oxygen atoms in total. The van der Waals surface area contributed by atoms with Gasteiger partial charge in [0.25, 0.3) is 0 Å². The lowest BCUT2D eigenvalue weighted by atomic mass is 10.2. The lowest BCUT2D eigenvalue weighted by Crippen LogP contribution is -2.29. The number of carbonyl (C=O) groups excluding carboxylic acids is 2. The van der Waals surface area contributed by atoms with Crippen molar-refractivity contribution in [2.75, 3.05) is 26.4 Å². The van der Waals surface area contributed by atoms with Crippen LogP contribution in [0.4, 0.5) is 0 Å². The molecule has 0 aromatic heterocycles. The van der Waals surface area contributed by atoms with E-state index in [-0.39, 0.29) is 12.8 Å². The molecule has 4 atom stereocenters. The maximum absolute atomic E-state index is 12.6. The van der Waals surface area contributed by atoms with Crippen LogP contribution in [0.2, 0.25) is 0 Å². The molecular formula is C48H78O14P2. The summed E-state index contributed by atoms with van der Waals surface area (Å²) in [5.74, 6) is -1.25. The highest BCUT2D eigenvalue weighted by atomic mass is 31.2. The monoisotopic (exact) mass is 940 g/mol. The average Bonchev–Trinajstić information content (AvgIpc) is 3.25. The topological polar surface area (TPSA) is 216 Å². The zero-order chi connectivity index (χ0) is 47.4. The van der Waals surface area contributed by atoms with Gasteiger partial charge in [0.2, 0.25) is 0 Å². The van der Waals surface area contributed by atoms with Gasteiger partial charge in [-0.05, 0) is 83.5 Å². The summed E-state index contributed by atoms with van der Waals surface area (Å²) >= 11 is 0. The largest absolute Gasteiger partial charge is 0.472 e. The number of rotatable bonds is 41. The Labute approximate surface area is 383 Å². The van der Waals surface area contributed by atoms with Crippen molar-refractivity contribution in [3.63, 3.8) is 0 Å². The predicted molar refractivity (Wildman–Crippen MR) is 254 cm³/mol. The SMILES string of the molecule is CCCCC/C=C\C=C/[C@@H](O)C/C=C\C/C=C/CCCC(=O)OC[C@H](COP(=O)(O)OC[C@@H](O)COP(=O)(O)O)OC(=O)CC/C=C\C/C=C\C/C=C\C/C=C\C/C=C\CCCCC. The van der Waals surface area contributed by atoms with E-state index in [4.69, 9.17) is 23.8 Å². The predicted octanol–water partition coefficient (Wildman–Crippen LogP) is 10.9. The molecule has 0 aromatic rings. The summed E-state index contributed by atoms with van der Waals surface area (Å²) in [5.41, 5.74) is 0. The molecule has 0 rings (SSSR count). The van der Waals surface area contributed by atoms with Crippen LogP contribution in [0, 0.1) is 0 Å². The highest BCUT2D eigenvalue weighted by molar-refractivity contribution is 7.47. The Morgan fingerprint density at radius 2 is 1.00 bits per heavy atom. The summed E-state index contributed by atoms with van der Waals surface area (Å²) in [5, 5.41) is 19.8. The van der Waals surface area contributed by atoms with Gasteiger partial charge in [0.05, 0.1) is 25.9 Å². The second kappa shape index (κ2) is 42.4. The molecule has 0 aliphatic heterocycles. The van der Waals surface area contributed by atoms with Crippen LogP contribution < -0.4 is 0 Å². The Balaban J connectivity index is 4.78. The van der Waals surface area contributed by atoms with Gasteiger partial charge in [0, 0.05) is 12.8 Å². The van der Waals surface area contributed by atoms with E-state index >= 15 is 0 Å². The van der Waals surface area contributed by atoms with Gasteiger partial charge in [-0.1, -0.05) is 149 Å². The standard InChI is InChI=1S/C48H78O14P2/c1-3-5-7-9-11-12-13-14-15-16-17-18-19-20-21-22-26-31-35-39-48(52)62-46(43-61-64(56,57)60-41-45(50)40-59-63(53,54)55)42-58-47(51)38-34-30-27-23-25-29-33-37-44(49)36-32-28-24-10-8-6-4-2/h11-12,14-15,17-18,20-21,23-24,26-29,31-33,36,44-46,49-50H,3-10,13,16,19,22,25,30,34-35,37-43H2,1-2H3,(H,56,57)(H2,53,54,55)/b12-11-,15-14-,18-17-,21-20-,27-23+,28-24-,31-26-,33-29-,36-32-/t44-,45+,46-/m1/s1. The second-order valence-electron chi connectivity index (χ2n) is 14.8. The van der Waals surface area contributed by atoms with Gasteiger partial charge in [-0.25, -0.2) is 9.13 Å². The number of aliphatic hydroxyl groups is 2. The van der Waals surface area contributed by atoms with Crippen molar-refractivity contribution < 1.29 is 66.7 Å². The molecule has 0 radical (unpaired) electrons. The van der Waals surface area contributed by atoms with Crippen molar-refractivity contribution in [2.24, 2.45) is 0 Å². The van der Waals surface area contributed by atoms with Crippen molar-refractivity contribution in [3.8, 4) is 0 Å². The highest BCUT2D eigenvalue weighted by Crippen LogP contribution is 2.43. The fourth-order valence-electron chi connectivity index (χ4n) is 5.22. The molecule has 0 aliphatic carbocycles. The lowest BCUT2D eigenvalue weighted by molar-refractivity contribution is -0.161. The zero-order valence-electron chi connectivity index (χ0n) is 38.2. The van der Waals surface area contributed by atoms with E-state index in [1.165, 1.54) is 38.5 Å². The van der Waals surface area contributed by atoms with Crippen molar-refractivity contribution >= 4 is 27.6 Å². The number of phosphoric ester groups is 2. The molecule has 0 saturated heterocycles. The van der Waals surface area contributed by atoms with Crippen molar-refractivity contribution in [3.05, 3.63) is 109 Å². The smallest absolute Gasteiger partial charge is 0.462 e. The van der Waals surface area contributed by atoms with Crippen LogP contribution in [0.1, 0.15) is 136 Å². The van der Waals surface area contributed by atoms with Gasteiger partial charge in [-0.3, -0.25) is 23.2 Å². The average molecular weight is 941 g/mol. The summed E-state index contributed by atoms with van der Waals surface area (Å²) in [4.78, 5) is 52.7. The Bertz CT molecular complexity index is 1560. The number of hydrogen-bond donors (Lipinski definition) is 5. The van der Waals surface area contributed by atoms with Crippen LogP contribution in [0.15, 0.2) is 109 Å². The Hall–Kier alpha value is -3.26. The summed E-state index contributed by atoms with van der Waals surface area (Å²) in [6.45, 7) is 1.45. The molecule has 364 valence electrons. The molecule has 0 fully saturated rings. The fraction of sp³-hybridized carbons (Fsp3) is 0.583. The van der Waals surface area contributed by atoms with Gasteiger partial charge in [0.15, 0.2) is 6.10 Å². The molecule has 0 spiro atoms. The normalized spacial score (nSPS) is 15.4. The molecule has 0 saturated carbocycles. The van der Waals surface area contributed by atoms with Gasteiger partial charge < -0.3 is 34.4 Å². The molecule has 16 heteroatoms. The van der Waals surface area contributed by atoms with Crippen molar-refractivity contribution in [1.29, 1.82) is 0 Å². The number of unbranched alkanes of at least 4 members (excludes halogenated alkanes) is 7. The third kappa shape index (κ3) is 45.3. The van der Waals surface area contributed by atoms with Gasteiger partial charge in [0.1, 0.15) is 12.7 Å². The van der Waals surface area contributed by atoms with Crippen LogP contribution >= 0.6 is 15.6 Å². The molecule has 0 aliphatic rings. The van der Waals surface area contributed by atoms with E-state index in [1.54, 1.807) is 6.08 Å². The molecule has 0 amide bonds. The summed E-state index contributed by atoms with van der Waals surface area (Å²) in [6.07, 6.45) is 48.4. The minimum Gasteiger partial charge on any atom is -0.462 e. The number of aliphatic hydroxyl groups excluding tert-OH is 2. The first-order chi connectivity index (χ1) is 30.8. The van der Waals surface area contributed by atoms with E-state index in [0.29, 0.717) is 38.5 Å². The van der Waals surface area contributed by atoms with E-state index < -0.39 is 72.3 Å². The maximum Gasteiger partial charge on any atom is 0.472 e. The van der Waals surface area contributed by atoms with Gasteiger partial charge >= 0.3 is 27.6 Å². The molecule has 0 heterocycles. The summed E-state index contributed by atoms with van der Waals surface area (Å²) < 4.78 is 47.6. The minimum atomic E-state index is -4.89. The number of carbonyl (C=O) groups is 2. The van der Waals surface area contributed by atoms with Crippen LogP contribution in [0.25, 0.3) is 0 Å². The summed E-state index contributed by atoms with van der Waals surface area (Å²) in [6, 6.07) is 0.